The van der Waals surface area contributed by atoms with Crippen LogP contribution in [0.4, 0.5) is 5.13 Å². The Labute approximate surface area is 87.4 Å². The standard InChI is InChI=1S/C10H13N3S/c1-4-13(3)10-12-8-7(2)5-6-11-9(8)14-10/h5-6H,4H2,1-3H3. The molecule has 0 amide bonds. The molecule has 2 rings (SSSR count). The van der Waals surface area contributed by atoms with Gasteiger partial charge in [0.05, 0.1) is 0 Å². The topological polar surface area (TPSA) is 29.0 Å². The molecule has 0 saturated heterocycles. The van der Waals surface area contributed by atoms with Crippen molar-refractivity contribution in [2.45, 2.75) is 13.8 Å². The lowest BCUT2D eigenvalue weighted by molar-refractivity contribution is 0.961. The molecule has 0 bridgehead atoms. The van der Waals surface area contributed by atoms with E-state index in [2.05, 4.69) is 28.7 Å². The second-order valence-corrected chi connectivity index (χ2v) is 4.25. The Morgan fingerprint density at radius 2 is 2.29 bits per heavy atom. The number of hydrogen-bond donors (Lipinski definition) is 0. The maximum atomic E-state index is 4.56. The van der Waals surface area contributed by atoms with Crippen LogP contribution >= 0.6 is 11.3 Å². The summed E-state index contributed by atoms with van der Waals surface area (Å²) in [7, 11) is 2.05. The van der Waals surface area contributed by atoms with E-state index in [1.807, 2.05) is 19.3 Å². The average Bonchev–Trinajstić information content (AvgIpc) is 2.62. The Bertz CT molecular complexity index is 450. The molecule has 0 atom stereocenters. The van der Waals surface area contributed by atoms with E-state index in [4.69, 9.17) is 0 Å². The van der Waals surface area contributed by atoms with Crippen molar-refractivity contribution in [3.63, 3.8) is 0 Å². The fourth-order valence-electron chi connectivity index (χ4n) is 1.24. The van der Waals surface area contributed by atoms with Gasteiger partial charge in [-0.15, -0.1) is 0 Å². The lowest BCUT2D eigenvalue weighted by atomic mass is 10.3. The van der Waals surface area contributed by atoms with E-state index in [0.717, 1.165) is 22.0 Å². The highest BCUT2D eigenvalue weighted by molar-refractivity contribution is 7.21. The van der Waals surface area contributed by atoms with Crippen molar-refractivity contribution in [3.8, 4) is 0 Å². The van der Waals surface area contributed by atoms with Crippen molar-refractivity contribution >= 4 is 26.8 Å². The maximum Gasteiger partial charge on any atom is 0.187 e. The van der Waals surface area contributed by atoms with Crippen molar-refractivity contribution in [3.05, 3.63) is 17.8 Å². The second-order valence-electron chi connectivity index (χ2n) is 3.29. The Hall–Kier alpha value is -1.16. The van der Waals surface area contributed by atoms with Crippen LogP contribution in [0.25, 0.3) is 10.3 Å². The zero-order valence-electron chi connectivity index (χ0n) is 8.61. The van der Waals surface area contributed by atoms with Crippen LogP contribution in [-0.2, 0) is 0 Å². The number of nitrogens with zero attached hydrogens (tertiary/aromatic N) is 3. The molecule has 74 valence electrons. The van der Waals surface area contributed by atoms with Crippen LogP contribution in [0.15, 0.2) is 12.3 Å². The number of anilines is 1. The molecule has 3 nitrogen and oxygen atoms in total. The number of thiazole rings is 1. The van der Waals surface area contributed by atoms with Crippen LogP contribution in [0, 0.1) is 6.92 Å². The van der Waals surface area contributed by atoms with Crippen LogP contribution in [0.5, 0.6) is 0 Å². The molecule has 2 aromatic heterocycles. The SMILES string of the molecule is CCN(C)c1nc2c(C)ccnc2s1. The number of aryl methyl sites for hydroxylation is 1. The Morgan fingerprint density at radius 3 is 2.93 bits per heavy atom. The van der Waals surface area contributed by atoms with Gasteiger partial charge in [0.2, 0.25) is 0 Å². The summed E-state index contributed by atoms with van der Waals surface area (Å²) in [6.07, 6.45) is 1.84. The molecular formula is C10H13N3S. The molecule has 0 N–H and O–H groups in total. The molecule has 0 saturated carbocycles. The van der Waals surface area contributed by atoms with E-state index in [1.165, 1.54) is 5.56 Å². The highest BCUT2D eigenvalue weighted by Gasteiger charge is 2.08. The maximum absolute atomic E-state index is 4.56. The minimum absolute atomic E-state index is 0.971. The van der Waals surface area contributed by atoms with Crippen LogP contribution in [0.2, 0.25) is 0 Å². The van der Waals surface area contributed by atoms with Gasteiger partial charge in [-0.25, -0.2) is 9.97 Å². The quantitative estimate of drug-likeness (QED) is 0.757. The van der Waals surface area contributed by atoms with Gasteiger partial charge in [-0.1, -0.05) is 11.3 Å². The predicted molar refractivity (Wildman–Crippen MR) is 61.1 cm³/mol. The third-order valence-corrected chi connectivity index (χ3v) is 3.37. The van der Waals surface area contributed by atoms with E-state index >= 15 is 0 Å². The molecular weight excluding hydrogens is 194 g/mol. The summed E-state index contributed by atoms with van der Waals surface area (Å²) < 4.78 is 0. The zero-order chi connectivity index (χ0) is 10.1. The third-order valence-electron chi connectivity index (χ3n) is 2.29. The lowest BCUT2D eigenvalue weighted by Gasteiger charge is -2.10. The van der Waals surface area contributed by atoms with Gasteiger partial charge in [0, 0.05) is 19.8 Å². The summed E-state index contributed by atoms with van der Waals surface area (Å²) in [4.78, 5) is 12.0. The highest BCUT2D eigenvalue weighted by atomic mass is 32.1. The number of hydrogen-bond acceptors (Lipinski definition) is 4. The van der Waals surface area contributed by atoms with Crippen molar-refractivity contribution in [1.82, 2.24) is 9.97 Å². The number of fused-ring (bicyclic) bond motifs is 1. The zero-order valence-corrected chi connectivity index (χ0v) is 9.43. The second kappa shape index (κ2) is 3.53. The first-order valence-electron chi connectivity index (χ1n) is 4.65. The summed E-state index contributed by atoms with van der Waals surface area (Å²) >= 11 is 1.65. The molecule has 0 fully saturated rings. The number of rotatable bonds is 2. The molecule has 0 spiro atoms. The smallest absolute Gasteiger partial charge is 0.187 e. The Balaban J connectivity index is 2.56. The van der Waals surface area contributed by atoms with Gasteiger partial charge < -0.3 is 4.90 Å². The monoisotopic (exact) mass is 207 g/mol. The Kier molecular flexibility index (Phi) is 2.37. The summed E-state index contributed by atoms with van der Waals surface area (Å²) in [5.41, 5.74) is 2.23. The van der Waals surface area contributed by atoms with E-state index < -0.39 is 0 Å². The number of pyridine rings is 1. The lowest BCUT2D eigenvalue weighted by Crippen LogP contribution is -2.15. The molecule has 2 aromatic rings. The van der Waals surface area contributed by atoms with Gasteiger partial charge in [0.25, 0.3) is 0 Å². The highest BCUT2D eigenvalue weighted by Crippen LogP contribution is 2.27. The molecule has 0 radical (unpaired) electrons. The predicted octanol–water partition coefficient (Wildman–Crippen LogP) is 2.46. The molecule has 0 aliphatic rings. The van der Waals surface area contributed by atoms with Gasteiger partial charge in [0.1, 0.15) is 10.3 Å². The van der Waals surface area contributed by atoms with Crippen LogP contribution in [0.3, 0.4) is 0 Å². The van der Waals surface area contributed by atoms with Gasteiger partial charge >= 0.3 is 0 Å². The van der Waals surface area contributed by atoms with Crippen LogP contribution < -0.4 is 4.90 Å². The van der Waals surface area contributed by atoms with E-state index in [9.17, 15) is 0 Å². The van der Waals surface area contributed by atoms with E-state index in [-0.39, 0.29) is 0 Å². The summed E-state index contributed by atoms with van der Waals surface area (Å²) in [5, 5.41) is 1.05. The first-order chi connectivity index (χ1) is 6.72. The molecule has 2 heterocycles. The fourth-order valence-corrected chi connectivity index (χ4v) is 2.25. The molecule has 4 heteroatoms. The molecule has 0 aliphatic heterocycles. The Morgan fingerprint density at radius 1 is 1.50 bits per heavy atom. The third kappa shape index (κ3) is 1.46. The van der Waals surface area contributed by atoms with Crippen molar-refractivity contribution in [1.29, 1.82) is 0 Å². The summed E-state index contributed by atoms with van der Waals surface area (Å²) in [6.45, 7) is 5.16. The van der Waals surface area contributed by atoms with E-state index in [1.54, 1.807) is 11.3 Å². The van der Waals surface area contributed by atoms with E-state index in [0.29, 0.717) is 0 Å². The molecule has 0 aliphatic carbocycles. The van der Waals surface area contributed by atoms with Crippen LogP contribution in [-0.4, -0.2) is 23.6 Å². The minimum atomic E-state index is 0.971. The number of aromatic nitrogens is 2. The van der Waals surface area contributed by atoms with Crippen molar-refractivity contribution in [2.24, 2.45) is 0 Å². The molecule has 0 aromatic carbocycles. The normalized spacial score (nSPS) is 10.8. The van der Waals surface area contributed by atoms with Gasteiger partial charge in [0.15, 0.2) is 5.13 Å². The average molecular weight is 207 g/mol. The van der Waals surface area contributed by atoms with Crippen molar-refractivity contribution in [2.75, 3.05) is 18.5 Å². The largest absolute Gasteiger partial charge is 0.351 e. The summed E-state index contributed by atoms with van der Waals surface area (Å²) in [6, 6.07) is 2.00. The summed E-state index contributed by atoms with van der Waals surface area (Å²) in [5.74, 6) is 0. The van der Waals surface area contributed by atoms with Gasteiger partial charge in [-0.2, -0.15) is 0 Å². The first-order valence-corrected chi connectivity index (χ1v) is 5.47. The first kappa shape index (κ1) is 9.40. The molecule has 0 unspecified atom stereocenters. The molecule has 14 heavy (non-hydrogen) atoms. The van der Waals surface area contributed by atoms with Gasteiger partial charge in [-0.3, -0.25) is 0 Å². The fraction of sp³-hybridized carbons (Fsp3) is 0.400. The van der Waals surface area contributed by atoms with Crippen molar-refractivity contribution < 1.29 is 0 Å². The van der Waals surface area contributed by atoms with Gasteiger partial charge in [-0.05, 0) is 25.5 Å². The minimum Gasteiger partial charge on any atom is -0.351 e. The van der Waals surface area contributed by atoms with Crippen LogP contribution in [0.1, 0.15) is 12.5 Å².